The number of allylic oxidation sites excluding steroid dienone is 3. The molecule has 0 aromatic carbocycles. The summed E-state index contributed by atoms with van der Waals surface area (Å²) in [6.07, 6.45) is 15.5. The smallest absolute Gasteiger partial charge is 0.726 e. The quantitative estimate of drug-likeness (QED) is 0.240. The van der Waals surface area contributed by atoms with Crippen LogP contribution in [-0.4, -0.2) is 19.1 Å². The Hall–Kier alpha value is 0.350. The van der Waals surface area contributed by atoms with E-state index in [2.05, 4.69) is 59.8 Å². The summed E-state index contributed by atoms with van der Waals surface area (Å²) in [6, 6.07) is 0. The van der Waals surface area contributed by atoms with Crippen molar-refractivity contribution in [3.8, 4) is 0 Å². The molecule has 0 aromatic heterocycles. The predicted octanol–water partition coefficient (Wildman–Crippen LogP) is 3.90. The molecule has 0 N–H and O–H groups in total. The maximum Gasteiger partial charge on any atom is 1.00 e. The number of fused-ring (bicyclic) bond motifs is 5. The average molecular weight is 501 g/mol. The Morgan fingerprint density at radius 2 is 1.74 bits per heavy atom. The Bertz CT molecular complexity index is 896. The third kappa shape index (κ3) is 5.45. The van der Waals surface area contributed by atoms with Gasteiger partial charge in [0.15, 0.2) is 0 Å². The van der Waals surface area contributed by atoms with E-state index < -0.39 is 16.5 Å². The number of hydrogen-bond donors (Lipinski definition) is 0. The van der Waals surface area contributed by atoms with Gasteiger partial charge in [0.25, 0.3) is 0 Å². The maximum atomic E-state index is 11.1. The van der Waals surface area contributed by atoms with Crippen LogP contribution in [0.4, 0.5) is 0 Å². The largest absolute Gasteiger partial charge is 1.00 e. The van der Waals surface area contributed by atoms with Gasteiger partial charge in [-0.1, -0.05) is 65.3 Å². The molecule has 188 valence electrons. The summed E-state index contributed by atoms with van der Waals surface area (Å²) in [5, 5.41) is 0. The fourth-order valence-electron chi connectivity index (χ4n) is 8.49. The topological polar surface area (TPSA) is 66.4 Å². The van der Waals surface area contributed by atoms with Crippen LogP contribution in [0, 0.1) is 52.3 Å². The van der Waals surface area contributed by atoms with Crippen LogP contribution in [0.5, 0.6) is 0 Å². The van der Waals surface area contributed by atoms with Crippen molar-refractivity contribution >= 4 is 10.4 Å². The van der Waals surface area contributed by atoms with Gasteiger partial charge < -0.3 is 4.55 Å². The van der Waals surface area contributed by atoms with E-state index in [0.717, 1.165) is 30.6 Å². The van der Waals surface area contributed by atoms with E-state index >= 15 is 0 Å². The van der Waals surface area contributed by atoms with Crippen molar-refractivity contribution in [1.29, 1.82) is 0 Å². The summed E-state index contributed by atoms with van der Waals surface area (Å²) in [5.41, 5.74) is 1.90. The van der Waals surface area contributed by atoms with E-state index in [1.165, 1.54) is 31.3 Å². The van der Waals surface area contributed by atoms with Gasteiger partial charge in [-0.3, -0.25) is 4.18 Å². The third-order valence-corrected chi connectivity index (χ3v) is 11.3. The molecule has 4 rings (SSSR count). The minimum atomic E-state index is -4.64. The Kier molecular flexibility index (Phi) is 9.02. The molecular weight excluding hydrogens is 455 g/mol. The van der Waals surface area contributed by atoms with E-state index in [-0.39, 0.29) is 35.0 Å². The van der Waals surface area contributed by atoms with E-state index in [1.54, 1.807) is 0 Å². The normalized spacial score (nSPS) is 41.8. The fraction of sp³-hybridized carbons (Fsp3) is 0.857. The summed E-state index contributed by atoms with van der Waals surface area (Å²) in [7, 11) is -4.64. The Balaban J connectivity index is 0.00000324. The van der Waals surface area contributed by atoms with Crippen LogP contribution in [0.2, 0.25) is 0 Å². The zero-order chi connectivity index (χ0) is 24.2. The molecule has 6 heteroatoms. The van der Waals surface area contributed by atoms with Gasteiger partial charge in [-0.15, -0.1) is 0 Å². The molecule has 0 aromatic rings. The van der Waals surface area contributed by atoms with Crippen LogP contribution in [0.25, 0.3) is 0 Å². The fourth-order valence-corrected chi connectivity index (χ4v) is 8.99. The summed E-state index contributed by atoms with van der Waals surface area (Å²) in [6.45, 7) is 14.4. The first-order valence-electron chi connectivity index (χ1n) is 13.4. The molecule has 34 heavy (non-hydrogen) atoms. The minimum Gasteiger partial charge on any atom is -0.726 e. The van der Waals surface area contributed by atoms with Crippen LogP contribution in [0.15, 0.2) is 23.8 Å². The van der Waals surface area contributed by atoms with E-state index in [1.807, 2.05) is 0 Å². The van der Waals surface area contributed by atoms with Crippen molar-refractivity contribution in [1.82, 2.24) is 0 Å². The second-order valence-corrected chi connectivity index (χ2v) is 13.7. The molecule has 1 unspecified atom stereocenters. The maximum absolute atomic E-state index is 11.1. The van der Waals surface area contributed by atoms with E-state index in [0.29, 0.717) is 41.9 Å². The molecule has 0 aliphatic heterocycles. The van der Waals surface area contributed by atoms with Gasteiger partial charge in [0.05, 0.1) is 6.10 Å². The summed E-state index contributed by atoms with van der Waals surface area (Å²) < 4.78 is 38.2. The third-order valence-electron chi connectivity index (χ3n) is 10.8. The van der Waals surface area contributed by atoms with Crippen molar-refractivity contribution in [3.63, 3.8) is 0 Å². The molecule has 0 spiro atoms. The SMILES string of the molecule is CC(C)C(C)/C=C/[C@@H](C)[C@H]1CC[C@H]2[C@@H]3CC=C4C[C@@H](OS(=O)(=O)[O-])CC[C@]4(C)[C@H]3CC[C@]12C.[Na+]. The van der Waals surface area contributed by atoms with Crippen LogP contribution in [-0.2, 0) is 14.6 Å². The van der Waals surface area contributed by atoms with E-state index in [4.69, 9.17) is 4.18 Å². The first kappa shape index (κ1) is 28.9. The second-order valence-electron chi connectivity index (χ2n) is 12.7. The summed E-state index contributed by atoms with van der Waals surface area (Å²) >= 11 is 0. The van der Waals surface area contributed by atoms with Gasteiger partial charge in [0, 0.05) is 0 Å². The average Bonchev–Trinajstić information content (AvgIpc) is 3.08. The molecule has 4 aliphatic rings. The van der Waals surface area contributed by atoms with Gasteiger partial charge in [-0.05, 0) is 104 Å². The van der Waals surface area contributed by atoms with Crippen LogP contribution < -0.4 is 29.6 Å². The molecule has 0 saturated heterocycles. The predicted molar refractivity (Wildman–Crippen MR) is 132 cm³/mol. The number of hydrogen-bond acceptors (Lipinski definition) is 4. The molecule has 9 atom stereocenters. The minimum absolute atomic E-state index is 0. The molecule has 0 heterocycles. The van der Waals surface area contributed by atoms with Crippen molar-refractivity contribution in [2.75, 3.05) is 0 Å². The van der Waals surface area contributed by atoms with Crippen LogP contribution in [0.3, 0.4) is 0 Å². The molecule has 0 amide bonds. The van der Waals surface area contributed by atoms with Gasteiger partial charge in [-0.2, -0.15) is 0 Å². The van der Waals surface area contributed by atoms with Crippen molar-refractivity contribution < 1.29 is 46.7 Å². The summed E-state index contributed by atoms with van der Waals surface area (Å²) in [5.74, 6) is 4.90. The standard InChI is InChI=1S/C28H46O4S.Na/c1-18(2)19(3)7-8-20(4)24-11-12-25-23-10-9-21-17-22(32-33(29,30)31)13-15-27(21,5)26(23)14-16-28(24,25)6;/h7-9,18-20,22-26H,10-17H2,1-6H3,(H,29,30,31);/q;+1/p-1/b8-7+;/t19?,20-,22+,23+,24-,25+,26+,27+,28-;/m1./s1. The molecule has 0 bridgehead atoms. The van der Waals surface area contributed by atoms with Gasteiger partial charge >= 0.3 is 29.6 Å². The molecule has 3 fully saturated rings. The summed E-state index contributed by atoms with van der Waals surface area (Å²) in [4.78, 5) is 0. The van der Waals surface area contributed by atoms with Crippen molar-refractivity contribution in [2.45, 2.75) is 99.0 Å². The van der Waals surface area contributed by atoms with Crippen molar-refractivity contribution in [2.24, 2.45) is 52.3 Å². The molecule has 4 aliphatic carbocycles. The van der Waals surface area contributed by atoms with Gasteiger partial charge in [-0.25, -0.2) is 8.42 Å². The molecule has 0 radical (unpaired) electrons. The Morgan fingerprint density at radius 1 is 1.03 bits per heavy atom. The van der Waals surface area contributed by atoms with E-state index in [9.17, 15) is 13.0 Å². The van der Waals surface area contributed by atoms with Gasteiger partial charge in [0.1, 0.15) is 0 Å². The monoisotopic (exact) mass is 500 g/mol. The first-order valence-corrected chi connectivity index (χ1v) is 14.7. The number of rotatable bonds is 6. The molecule has 3 saturated carbocycles. The van der Waals surface area contributed by atoms with Crippen LogP contribution >= 0.6 is 0 Å². The molecule has 4 nitrogen and oxygen atoms in total. The van der Waals surface area contributed by atoms with Crippen molar-refractivity contribution in [3.05, 3.63) is 23.8 Å². The second kappa shape index (κ2) is 10.6. The Labute approximate surface area is 231 Å². The van der Waals surface area contributed by atoms with Gasteiger partial charge in [0.2, 0.25) is 10.4 Å². The first-order chi connectivity index (χ1) is 15.3. The zero-order valence-corrected chi connectivity index (χ0v) is 25.4. The zero-order valence-electron chi connectivity index (χ0n) is 22.5. The molecular formula is C28H45NaO4S. The van der Waals surface area contributed by atoms with Crippen LogP contribution in [0.1, 0.15) is 92.9 Å². The Morgan fingerprint density at radius 3 is 2.38 bits per heavy atom.